The maximum absolute atomic E-state index is 6.26. The average molecular weight is 286 g/mol. The highest BCUT2D eigenvalue weighted by Gasteiger charge is 2.16. The lowest BCUT2D eigenvalue weighted by Crippen LogP contribution is -2.18. The molecule has 0 aliphatic heterocycles. The Labute approximate surface area is 123 Å². The van der Waals surface area contributed by atoms with Crippen molar-refractivity contribution >= 4 is 17.1 Å². The van der Waals surface area contributed by atoms with Crippen LogP contribution in [0.5, 0.6) is 0 Å². The van der Waals surface area contributed by atoms with E-state index in [9.17, 15) is 0 Å². The highest BCUT2D eigenvalue weighted by molar-refractivity contribution is 6.31. The number of hydrogen-bond acceptors (Lipinski definition) is 2. The molecule has 0 radical (unpaired) electrons. The van der Waals surface area contributed by atoms with E-state index in [1.165, 1.54) is 5.56 Å². The molecule has 2 heterocycles. The van der Waals surface area contributed by atoms with Gasteiger partial charge in [0.2, 0.25) is 0 Å². The summed E-state index contributed by atoms with van der Waals surface area (Å²) < 4.78 is 1.90. The van der Waals surface area contributed by atoms with Gasteiger partial charge in [-0.05, 0) is 37.2 Å². The normalized spacial score (nSPS) is 12.7. The Morgan fingerprint density at radius 1 is 1.20 bits per heavy atom. The second-order valence-electron chi connectivity index (χ2n) is 4.77. The van der Waals surface area contributed by atoms with Gasteiger partial charge < -0.3 is 5.32 Å². The van der Waals surface area contributed by atoms with Crippen molar-refractivity contribution in [2.24, 2.45) is 0 Å². The first-order valence-corrected chi connectivity index (χ1v) is 7.00. The fourth-order valence-corrected chi connectivity index (χ4v) is 2.69. The van der Waals surface area contributed by atoms with Gasteiger partial charge in [-0.1, -0.05) is 35.9 Å². The molecule has 1 N–H and O–H groups in total. The quantitative estimate of drug-likeness (QED) is 0.795. The van der Waals surface area contributed by atoms with Crippen LogP contribution in [0.25, 0.3) is 5.52 Å². The third-order valence-electron chi connectivity index (χ3n) is 3.56. The van der Waals surface area contributed by atoms with Gasteiger partial charge in [-0.2, -0.15) is 5.10 Å². The van der Waals surface area contributed by atoms with E-state index in [1.54, 1.807) is 0 Å². The Morgan fingerprint density at radius 3 is 2.80 bits per heavy atom. The molecule has 0 spiro atoms. The van der Waals surface area contributed by atoms with E-state index in [2.05, 4.69) is 22.5 Å². The lowest BCUT2D eigenvalue weighted by Gasteiger charge is -2.16. The lowest BCUT2D eigenvalue weighted by molar-refractivity contribution is 0.596. The summed E-state index contributed by atoms with van der Waals surface area (Å²) in [6.07, 6.45) is 4.72. The Morgan fingerprint density at radius 2 is 2.00 bits per heavy atom. The monoisotopic (exact) mass is 285 g/mol. The summed E-state index contributed by atoms with van der Waals surface area (Å²) in [4.78, 5) is 0. The fourth-order valence-electron chi connectivity index (χ4n) is 2.47. The van der Waals surface area contributed by atoms with Gasteiger partial charge in [0.15, 0.2) is 0 Å². The molecule has 1 aromatic carbocycles. The number of likely N-dealkylation sites (N-methyl/N-ethyl adjacent to an activating group) is 1. The number of halogens is 1. The molecule has 2 aromatic heterocycles. The summed E-state index contributed by atoms with van der Waals surface area (Å²) in [5, 5.41) is 8.57. The maximum atomic E-state index is 6.26. The Hall–Kier alpha value is -1.84. The van der Waals surface area contributed by atoms with E-state index in [0.717, 1.165) is 22.5 Å². The van der Waals surface area contributed by atoms with Gasteiger partial charge in [-0.25, -0.2) is 4.52 Å². The number of nitrogens with one attached hydrogen (secondary N) is 1. The molecule has 4 heteroatoms. The molecule has 0 amide bonds. The number of fused-ring (bicyclic) bond motifs is 1. The van der Waals surface area contributed by atoms with Crippen LogP contribution in [0.1, 0.15) is 17.2 Å². The molecule has 1 unspecified atom stereocenters. The summed E-state index contributed by atoms with van der Waals surface area (Å²) in [5.74, 6) is 0. The molecule has 0 bridgehead atoms. The molecule has 0 saturated heterocycles. The fraction of sp³-hybridized carbons (Fsp3) is 0.188. The first kappa shape index (κ1) is 13.2. The minimum absolute atomic E-state index is 0.190. The molecule has 0 aliphatic rings. The van der Waals surface area contributed by atoms with Crippen LogP contribution in [-0.2, 0) is 6.42 Å². The van der Waals surface area contributed by atoms with Crippen LogP contribution < -0.4 is 5.32 Å². The number of nitrogens with zero attached hydrogens (tertiary/aromatic N) is 2. The van der Waals surface area contributed by atoms with Gasteiger partial charge in [0.25, 0.3) is 0 Å². The molecule has 0 aliphatic carbocycles. The smallest absolute Gasteiger partial charge is 0.0709 e. The summed E-state index contributed by atoms with van der Waals surface area (Å²) in [5.41, 5.74) is 3.45. The molecule has 3 nitrogen and oxygen atoms in total. The van der Waals surface area contributed by atoms with Crippen LogP contribution in [0.3, 0.4) is 0 Å². The van der Waals surface area contributed by atoms with Crippen molar-refractivity contribution in [3.05, 3.63) is 71.0 Å². The molecular weight excluding hydrogens is 270 g/mol. The molecule has 3 rings (SSSR count). The predicted octanol–water partition coefficient (Wildman–Crippen LogP) is 3.49. The van der Waals surface area contributed by atoms with Crippen LogP contribution in [0.2, 0.25) is 5.02 Å². The van der Waals surface area contributed by atoms with E-state index in [4.69, 9.17) is 11.6 Å². The molecular formula is C16H16ClN3. The summed E-state index contributed by atoms with van der Waals surface area (Å²) >= 11 is 6.26. The third-order valence-corrected chi connectivity index (χ3v) is 3.93. The summed E-state index contributed by atoms with van der Waals surface area (Å²) in [6.45, 7) is 0. The van der Waals surface area contributed by atoms with Crippen molar-refractivity contribution in [2.75, 3.05) is 7.05 Å². The lowest BCUT2D eigenvalue weighted by atomic mass is 10.00. The average Bonchev–Trinajstić information content (AvgIpc) is 2.90. The molecule has 0 saturated carbocycles. The SMILES string of the molecule is CNC(Cc1ccccc1Cl)c1cnn2ccccc12. The molecule has 3 aromatic rings. The molecule has 1 atom stereocenters. The first-order valence-electron chi connectivity index (χ1n) is 6.62. The van der Waals surface area contributed by atoms with Crippen LogP contribution in [0.15, 0.2) is 54.9 Å². The van der Waals surface area contributed by atoms with E-state index in [0.29, 0.717) is 0 Å². The second kappa shape index (κ2) is 5.65. The summed E-state index contributed by atoms with van der Waals surface area (Å²) in [6, 6.07) is 14.3. The van der Waals surface area contributed by atoms with Crippen molar-refractivity contribution in [3.63, 3.8) is 0 Å². The standard InChI is InChI=1S/C16H16ClN3/c1-18-15(10-12-6-2-3-7-14(12)17)13-11-19-20-9-5-4-8-16(13)20/h2-9,11,15,18H,10H2,1H3. The zero-order valence-corrected chi connectivity index (χ0v) is 12.0. The number of pyridine rings is 1. The minimum atomic E-state index is 0.190. The molecule has 20 heavy (non-hydrogen) atoms. The topological polar surface area (TPSA) is 29.3 Å². The largest absolute Gasteiger partial charge is 0.313 e. The van der Waals surface area contributed by atoms with E-state index in [-0.39, 0.29) is 6.04 Å². The van der Waals surface area contributed by atoms with Crippen LogP contribution in [0, 0.1) is 0 Å². The van der Waals surface area contributed by atoms with Gasteiger partial charge in [0.1, 0.15) is 0 Å². The van der Waals surface area contributed by atoms with Crippen LogP contribution in [0.4, 0.5) is 0 Å². The van der Waals surface area contributed by atoms with E-state index < -0.39 is 0 Å². The van der Waals surface area contributed by atoms with Crippen molar-refractivity contribution in [2.45, 2.75) is 12.5 Å². The highest BCUT2D eigenvalue weighted by atomic mass is 35.5. The van der Waals surface area contributed by atoms with Gasteiger partial charge in [0.05, 0.1) is 11.7 Å². The van der Waals surface area contributed by atoms with Crippen LogP contribution >= 0.6 is 11.6 Å². The van der Waals surface area contributed by atoms with Crippen molar-refractivity contribution in [1.29, 1.82) is 0 Å². The van der Waals surface area contributed by atoms with Crippen LogP contribution in [-0.4, -0.2) is 16.7 Å². The number of aromatic nitrogens is 2. The van der Waals surface area contributed by atoms with Crippen molar-refractivity contribution in [1.82, 2.24) is 14.9 Å². The highest BCUT2D eigenvalue weighted by Crippen LogP contribution is 2.25. The second-order valence-corrected chi connectivity index (χ2v) is 5.17. The van der Waals surface area contributed by atoms with Gasteiger partial charge in [0, 0.05) is 22.8 Å². The van der Waals surface area contributed by atoms with E-state index >= 15 is 0 Å². The number of rotatable bonds is 4. The summed E-state index contributed by atoms with van der Waals surface area (Å²) in [7, 11) is 1.97. The number of benzene rings is 1. The maximum Gasteiger partial charge on any atom is 0.0709 e. The molecule has 102 valence electrons. The predicted molar refractivity (Wildman–Crippen MR) is 82.1 cm³/mol. The van der Waals surface area contributed by atoms with Crippen molar-refractivity contribution in [3.8, 4) is 0 Å². The Bertz CT molecular complexity index is 720. The van der Waals surface area contributed by atoms with E-state index in [1.807, 2.05) is 54.3 Å². The Balaban J connectivity index is 1.96. The zero-order valence-electron chi connectivity index (χ0n) is 11.3. The molecule has 0 fully saturated rings. The number of hydrogen-bond donors (Lipinski definition) is 1. The van der Waals surface area contributed by atoms with Gasteiger partial charge in [-0.3, -0.25) is 0 Å². The van der Waals surface area contributed by atoms with Crippen molar-refractivity contribution < 1.29 is 0 Å². The third kappa shape index (κ3) is 2.42. The Kier molecular flexibility index (Phi) is 3.72. The minimum Gasteiger partial charge on any atom is -0.313 e. The first-order chi connectivity index (χ1) is 9.79. The zero-order chi connectivity index (χ0) is 13.9. The van der Waals surface area contributed by atoms with Gasteiger partial charge >= 0.3 is 0 Å². The van der Waals surface area contributed by atoms with Gasteiger partial charge in [-0.15, -0.1) is 0 Å².